The molecule has 0 aliphatic carbocycles. The summed E-state index contributed by atoms with van der Waals surface area (Å²) in [6.07, 6.45) is 3.37. The Morgan fingerprint density at radius 1 is 1.61 bits per heavy atom. The van der Waals surface area contributed by atoms with E-state index in [-0.39, 0.29) is 11.9 Å². The Kier molecular flexibility index (Phi) is 6.60. The fourth-order valence-electron chi connectivity index (χ4n) is 2.60. The van der Waals surface area contributed by atoms with Gasteiger partial charge in [-0.05, 0) is 53.0 Å². The summed E-state index contributed by atoms with van der Waals surface area (Å²) in [4.78, 5) is 16.0. The van der Waals surface area contributed by atoms with Crippen molar-refractivity contribution >= 4 is 5.91 Å². The quantitative estimate of drug-likeness (QED) is 0.635. The number of hydrogen-bond acceptors (Lipinski definition) is 4. The van der Waals surface area contributed by atoms with E-state index in [0.717, 1.165) is 26.1 Å². The van der Waals surface area contributed by atoms with E-state index >= 15 is 0 Å². The van der Waals surface area contributed by atoms with Crippen LogP contribution in [0.1, 0.15) is 26.2 Å². The van der Waals surface area contributed by atoms with Gasteiger partial charge in [-0.1, -0.05) is 6.92 Å². The molecule has 106 valence electrons. The highest BCUT2D eigenvalue weighted by molar-refractivity contribution is 5.79. The van der Waals surface area contributed by atoms with Crippen LogP contribution in [0, 0.1) is 0 Å². The Balaban J connectivity index is 2.26. The molecule has 0 aromatic carbocycles. The van der Waals surface area contributed by atoms with E-state index in [0.29, 0.717) is 6.04 Å². The van der Waals surface area contributed by atoms with Gasteiger partial charge in [-0.2, -0.15) is 0 Å². The summed E-state index contributed by atoms with van der Waals surface area (Å²) in [6, 6.07) is 0.472. The summed E-state index contributed by atoms with van der Waals surface area (Å²) in [7, 11) is 4.31. The number of amides is 1. The molecule has 1 amide bonds. The number of carbonyl (C=O) groups is 1. The van der Waals surface area contributed by atoms with Gasteiger partial charge in [0.05, 0.1) is 6.04 Å². The van der Waals surface area contributed by atoms with Gasteiger partial charge in [0.15, 0.2) is 0 Å². The number of primary amides is 1. The molecule has 1 aliphatic heterocycles. The average molecular weight is 256 g/mol. The van der Waals surface area contributed by atoms with Crippen molar-refractivity contribution in [2.45, 2.75) is 38.3 Å². The second kappa shape index (κ2) is 7.71. The van der Waals surface area contributed by atoms with E-state index in [9.17, 15) is 4.79 Å². The molecule has 1 rings (SSSR count). The lowest BCUT2D eigenvalue weighted by Gasteiger charge is -2.26. The van der Waals surface area contributed by atoms with E-state index < -0.39 is 0 Å². The van der Waals surface area contributed by atoms with E-state index in [4.69, 9.17) is 5.73 Å². The minimum atomic E-state index is -0.247. The summed E-state index contributed by atoms with van der Waals surface area (Å²) in [6.45, 7) is 5.97. The zero-order valence-electron chi connectivity index (χ0n) is 12.0. The van der Waals surface area contributed by atoms with Crippen LogP contribution < -0.4 is 11.1 Å². The molecule has 0 saturated carbocycles. The Labute approximate surface area is 111 Å². The minimum absolute atomic E-state index is 0.196. The van der Waals surface area contributed by atoms with Crippen molar-refractivity contribution in [2.24, 2.45) is 5.73 Å². The molecule has 1 fully saturated rings. The molecular formula is C13H28N4O. The zero-order chi connectivity index (χ0) is 13.5. The number of likely N-dealkylation sites (N-methyl/N-ethyl adjacent to an activating group) is 3. The first-order chi connectivity index (χ1) is 8.54. The predicted octanol–water partition coefficient (Wildman–Crippen LogP) is -0.134. The van der Waals surface area contributed by atoms with Gasteiger partial charge in [0.25, 0.3) is 0 Å². The second-order valence-electron chi connectivity index (χ2n) is 5.34. The Morgan fingerprint density at radius 3 is 2.83 bits per heavy atom. The van der Waals surface area contributed by atoms with Crippen molar-refractivity contribution < 1.29 is 4.79 Å². The van der Waals surface area contributed by atoms with Gasteiger partial charge in [0.2, 0.25) is 5.91 Å². The number of nitrogens with zero attached hydrogens (tertiary/aromatic N) is 2. The number of nitrogens with one attached hydrogen (secondary N) is 1. The molecule has 0 aromatic rings. The first kappa shape index (κ1) is 15.4. The molecule has 2 atom stereocenters. The lowest BCUT2D eigenvalue weighted by atomic mass is 10.1. The molecular weight excluding hydrogens is 228 g/mol. The third kappa shape index (κ3) is 4.92. The Hall–Kier alpha value is -0.650. The molecule has 1 heterocycles. The van der Waals surface area contributed by atoms with E-state index in [2.05, 4.69) is 29.2 Å². The largest absolute Gasteiger partial charge is 0.368 e. The topological polar surface area (TPSA) is 61.6 Å². The van der Waals surface area contributed by atoms with Gasteiger partial charge in [-0.15, -0.1) is 0 Å². The monoisotopic (exact) mass is 256 g/mol. The molecule has 5 heteroatoms. The molecule has 0 radical (unpaired) electrons. The summed E-state index contributed by atoms with van der Waals surface area (Å²) in [5.74, 6) is -0.247. The lowest BCUT2D eigenvalue weighted by molar-refractivity contribution is -0.120. The van der Waals surface area contributed by atoms with Crippen molar-refractivity contribution in [2.75, 3.05) is 40.3 Å². The van der Waals surface area contributed by atoms with Crippen LogP contribution in [0.4, 0.5) is 0 Å². The zero-order valence-corrected chi connectivity index (χ0v) is 12.0. The standard InChI is InChI=1S/C13H28N4O/c1-4-15-12(13(14)18)7-9-16(2)10-11-6-5-8-17(11)3/h11-12,15H,4-10H2,1-3H3,(H2,14,18). The van der Waals surface area contributed by atoms with Gasteiger partial charge in [0, 0.05) is 12.6 Å². The highest BCUT2D eigenvalue weighted by Gasteiger charge is 2.22. The van der Waals surface area contributed by atoms with Crippen LogP contribution in [0.5, 0.6) is 0 Å². The molecule has 1 saturated heterocycles. The predicted molar refractivity (Wildman–Crippen MR) is 74.4 cm³/mol. The maximum Gasteiger partial charge on any atom is 0.234 e. The summed E-state index contributed by atoms with van der Waals surface area (Å²) in [5.41, 5.74) is 5.37. The number of hydrogen-bond donors (Lipinski definition) is 2. The summed E-state index contributed by atoms with van der Waals surface area (Å²) in [5, 5.41) is 3.13. The maximum absolute atomic E-state index is 11.2. The molecule has 2 unspecified atom stereocenters. The normalized spacial score (nSPS) is 22.6. The molecule has 3 N–H and O–H groups in total. The molecule has 0 spiro atoms. The van der Waals surface area contributed by atoms with Crippen molar-refractivity contribution in [1.82, 2.24) is 15.1 Å². The molecule has 0 bridgehead atoms. The van der Waals surface area contributed by atoms with Gasteiger partial charge in [-0.25, -0.2) is 0 Å². The van der Waals surface area contributed by atoms with Gasteiger partial charge < -0.3 is 20.9 Å². The van der Waals surface area contributed by atoms with Crippen LogP contribution in [0.2, 0.25) is 0 Å². The van der Waals surface area contributed by atoms with Crippen LogP contribution in [0.25, 0.3) is 0 Å². The number of likely N-dealkylation sites (tertiary alicyclic amines) is 1. The molecule has 5 nitrogen and oxygen atoms in total. The van der Waals surface area contributed by atoms with Crippen LogP contribution in [-0.2, 0) is 4.79 Å². The van der Waals surface area contributed by atoms with Gasteiger partial charge in [-0.3, -0.25) is 4.79 Å². The van der Waals surface area contributed by atoms with Crippen LogP contribution in [0.3, 0.4) is 0 Å². The fourth-order valence-corrected chi connectivity index (χ4v) is 2.60. The number of nitrogens with two attached hydrogens (primary N) is 1. The first-order valence-electron chi connectivity index (χ1n) is 6.96. The Bertz CT molecular complexity index is 259. The van der Waals surface area contributed by atoms with Crippen LogP contribution in [-0.4, -0.2) is 68.1 Å². The van der Waals surface area contributed by atoms with Crippen LogP contribution in [0.15, 0.2) is 0 Å². The van der Waals surface area contributed by atoms with Crippen molar-refractivity contribution in [3.8, 4) is 0 Å². The fraction of sp³-hybridized carbons (Fsp3) is 0.923. The van der Waals surface area contributed by atoms with Crippen molar-refractivity contribution in [3.05, 3.63) is 0 Å². The van der Waals surface area contributed by atoms with Crippen molar-refractivity contribution in [1.29, 1.82) is 0 Å². The van der Waals surface area contributed by atoms with Crippen LogP contribution >= 0.6 is 0 Å². The van der Waals surface area contributed by atoms with Gasteiger partial charge >= 0.3 is 0 Å². The molecule has 18 heavy (non-hydrogen) atoms. The molecule has 1 aliphatic rings. The number of carbonyl (C=O) groups excluding carboxylic acids is 1. The van der Waals surface area contributed by atoms with Crippen molar-refractivity contribution in [3.63, 3.8) is 0 Å². The molecule has 0 aromatic heterocycles. The van der Waals surface area contributed by atoms with Gasteiger partial charge in [0.1, 0.15) is 0 Å². The lowest BCUT2D eigenvalue weighted by Crippen LogP contribution is -2.44. The summed E-state index contributed by atoms with van der Waals surface area (Å²) < 4.78 is 0. The average Bonchev–Trinajstić information content (AvgIpc) is 2.70. The highest BCUT2D eigenvalue weighted by atomic mass is 16.1. The first-order valence-corrected chi connectivity index (χ1v) is 6.96. The SMILES string of the molecule is CCNC(CCN(C)CC1CCCN1C)C(N)=O. The summed E-state index contributed by atoms with van der Waals surface area (Å²) >= 11 is 0. The maximum atomic E-state index is 11.2. The van der Waals surface area contributed by atoms with E-state index in [1.165, 1.54) is 19.4 Å². The highest BCUT2D eigenvalue weighted by Crippen LogP contribution is 2.15. The van der Waals surface area contributed by atoms with E-state index in [1.807, 2.05) is 6.92 Å². The third-order valence-electron chi connectivity index (χ3n) is 3.79. The second-order valence-corrected chi connectivity index (χ2v) is 5.34. The smallest absolute Gasteiger partial charge is 0.234 e. The van der Waals surface area contributed by atoms with E-state index in [1.54, 1.807) is 0 Å². The number of rotatable bonds is 8. The minimum Gasteiger partial charge on any atom is -0.368 e. The third-order valence-corrected chi connectivity index (χ3v) is 3.79. The Morgan fingerprint density at radius 2 is 2.33 bits per heavy atom.